The lowest BCUT2D eigenvalue weighted by Crippen LogP contribution is -2.15. The Balaban J connectivity index is 1.88. The van der Waals surface area contributed by atoms with Gasteiger partial charge in [-0.25, -0.2) is 4.98 Å². The zero-order chi connectivity index (χ0) is 14.4. The third-order valence-electron chi connectivity index (χ3n) is 2.36. The number of nitrogens with one attached hydrogen (secondary N) is 2. The van der Waals surface area contributed by atoms with E-state index < -0.39 is 5.91 Å². The number of hydrogen-bond acceptors (Lipinski definition) is 5. The summed E-state index contributed by atoms with van der Waals surface area (Å²) in [6.07, 6.45) is 1.41. The van der Waals surface area contributed by atoms with Crippen molar-refractivity contribution in [1.29, 1.82) is 0 Å². The van der Waals surface area contributed by atoms with E-state index >= 15 is 0 Å². The van der Waals surface area contributed by atoms with Gasteiger partial charge in [-0.2, -0.15) is 5.10 Å². The number of hydrogen-bond donors (Lipinski definition) is 3. The monoisotopic (exact) mass is 275 g/mol. The van der Waals surface area contributed by atoms with Crippen LogP contribution >= 0.6 is 0 Å². The molecule has 0 spiro atoms. The summed E-state index contributed by atoms with van der Waals surface area (Å²) in [5.41, 5.74) is 5.59. The zero-order valence-electron chi connectivity index (χ0n) is 10.5. The van der Waals surface area contributed by atoms with E-state index in [1.807, 2.05) is 0 Å². The first-order chi connectivity index (χ1) is 9.65. The Hall–Kier alpha value is -2.90. The van der Waals surface area contributed by atoms with Crippen molar-refractivity contribution in [3.8, 4) is 5.75 Å². The van der Waals surface area contributed by atoms with Gasteiger partial charge in [-0.05, 0) is 24.3 Å². The molecule has 0 saturated heterocycles. The minimum atomic E-state index is -0.416. The number of carbonyl (C=O) groups is 2. The number of aromatic amines is 1. The molecule has 104 valence electrons. The van der Waals surface area contributed by atoms with E-state index in [2.05, 4.69) is 20.5 Å². The molecule has 4 N–H and O–H groups in total. The van der Waals surface area contributed by atoms with E-state index in [4.69, 9.17) is 10.5 Å². The highest BCUT2D eigenvalue weighted by Crippen LogP contribution is 2.16. The molecule has 0 aliphatic rings. The van der Waals surface area contributed by atoms with E-state index in [1.165, 1.54) is 6.33 Å². The Morgan fingerprint density at radius 3 is 2.65 bits per heavy atom. The molecule has 20 heavy (non-hydrogen) atoms. The van der Waals surface area contributed by atoms with E-state index in [-0.39, 0.29) is 24.8 Å². The average Bonchev–Trinajstić information content (AvgIpc) is 2.94. The van der Waals surface area contributed by atoms with Crippen molar-refractivity contribution in [3.63, 3.8) is 0 Å². The Morgan fingerprint density at radius 2 is 2.05 bits per heavy atom. The standard InChI is InChI=1S/C12H13N5O3/c13-10(18)5-6-20-9-3-1-8(2-4-9)16-12(19)11-14-7-15-17-11/h1-4,7H,5-6H2,(H2,13,18)(H,16,19)(H,14,15,17). The summed E-state index contributed by atoms with van der Waals surface area (Å²) in [5, 5.41) is 8.70. The first kappa shape index (κ1) is 13.5. The number of anilines is 1. The van der Waals surface area contributed by atoms with Gasteiger partial charge in [-0.1, -0.05) is 0 Å². The number of amides is 2. The van der Waals surface area contributed by atoms with Gasteiger partial charge in [-0.15, -0.1) is 0 Å². The molecule has 8 heteroatoms. The number of benzene rings is 1. The third-order valence-corrected chi connectivity index (χ3v) is 2.36. The largest absolute Gasteiger partial charge is 0.493 e. The fraction of sp³-hybridized carbons (Fsp3) is 0.167. The number of rotatable bonds is 6. The van der Waals surface area contributed by atoms with Gasteiger partial charge in [0.2, 0.25) is 11.7 Å². The van der Waals surface area contributed by atoms with Crippen LogP contribution in [0.25, 0.3) is 0 Å². The lowest BCUT2D eigenvalue weighted by atomic mass is 10.3. The molecule has 2 rings (SSSR count). The SMILES string of the molecule is NC(=O)CCOc1ccc(NC(=O)c2ncn[nH]2)cc1. The number of H-pyrrole nitrogens is 1. The quantitative estimate of drug-likeness (QED) is 0.700. The van der Waals surface area contributed by atoms with Crippen molar-refractivity contribution in [1.82, 2.24) is 15.2 Å². The van der Waals surface area contributed by atoms with Crippen LogP contribution in [-0.2, 0) is 4.79 Å². The smallest absolute Gasteiger partial charge is 0.292 e. The lowest BCUT2D eigenvalue weighted by molar-refractivity contribution is -0.118. The molecule has 0 saturated carbocycles. The molecule has 2 aromatic rings. The Morgan fingerprint density at radius 1 is 1.30 bits per heavy atom. The second-order valence-electron chi connectivity index (χ2n) is 3.88. The van der Waals surface area contributed by atoms with Crippen LogP contribution in [0, 0.1) is 0 Å². The first-order valence-corrected chi connectivity index (χ1v) is 5.83. The molecule has 0 aliphatic carbocycles. The Kier molecular flexibility index (Phi) is 4.28. The van der Waals surface area contributed by atoms with Crippen molar-refractivity contribution in [2.45, 2.75) is 6.42 Å². The molecule has 1 aromatic carbocycles. The summed E-state index contributed by atoms with van der Waals surface area (Å²) in [5.74, 6) is -0.0819. The van der Waals surface area contributed by atoms with Gasteiger partial charge < -0.3 is 15.8 Å². The minimum Gasteiger partial charge on any atom is -0.493 e. The van der Waals surface area contributed by atoms with E-state index in [1.54, 1.807) is 24.3 Å². The van der Waals surface area contributed by atoms with Crippen molar-refractivity contribution >= 4 is 17.5 Å². The fourth-order valence-corrected chi connectivity index (χ4v) is 1.41. The van der Waals surface area contributed by atoms with Gasteiger partial charge in [-0.3, -0.25) is 14.7 Å². The first-order valence-electron chi connectivity index (χ1n) is 5.83. The topological polar surface area (TPSA) is 123 Å². The van der Waals surface area contributed by atoms with Crippen molar-refractivity contribution < 1.29 is 14.3 Å². The number of carbonyl (C=O) groups excluding carboxylic acids is 2. The summed E-state index contributed by atoms with van der Waals surface area (Å²) < 4.78 is 5.31. The second-order valence-corrected chi connectivity index (χ2v) is 3.88. The molecule has 0 atom stereocenters. The van der Waals surface area contributed by atoms with Crippen LogP contribution in [0.5, 0.6) is 5.75 Å². The van der Waals surface area contributed by atoms with Gasteiger partial charge in [0, 0.05) is 5.69 Å². The highest BCUT2D eigenvalue weighted by Gasteiger charge is 2.08. The predicted molar refractivity (Wildman–Crippen MR) is 70.1 cm³/mol. The van der Waals surface area contributed by atoms with Gasteiger partial charge in [0.25, 0.3) is 5.91 Å². The van der Waals surface area contributed by atoms with Crippen LogP contribution in [0.15, 0.2) is 30.6 Å². The number of nitrogens with zero attached hydrogens (tertiary/aromatic N) is 2. The van der Waals surface area contributed by atoms with Gasteiger partial charge in [0.05, 0.1) is 13.0 Å². The fourth-order valence-electron chi connectivity index (χ4n) is 1.41. The van der Waals surface area contributed by atoms with Crippen LogP contribution in [-0.4, -0.2) is 33.6 Å². The summed E-state index contributed by atoms with van der Waals surface area (Å²) in [6.45, 7) is 0.221. The Labute approximate surface area is 114 Å². The van der Waals surface area contributed by atoms with Crippen molar-refractivity contribution in [2.75, 3.05) is 11.9 Å². The van der Waals surface area contributed by atoms with Gasteiger partial charge >= 0.3 is 0 Å². The predicted octanol–water partition coefficient (Wildman–Crippen LogP) is 0.311. The molecule has 1 aromatic heterocycles. The van der Waals surface area contributed by atoms with Crippen molar-refractivity contribution in [2.24, 2.45) is 5.73 Å². The summed E-state index contributed by atoms with van der Waals surface area (Å²) >= 11 is 0. The highest BCUT2D eigenvalue weighted by atomic mass is 16.5. The number of nitrogens with two attached hydrogens (primary N) is 1. The van der Waals surface area contributed by atoms with Crippen LogP contribution in [0.3, 0.4) is 0 Å². The summed E-state index contributed by atoms with van der Waals surface area (Å²) in [4.78, 5) is 26.0. The zero-order valence-corrected chi connectivity index (χ0v) is 10.5. The van der Waals surface area contributed by atoms with Gasteiger partial charge in [0.15, 0.2) is 0 Å². The van der Waals surface area contributed by atoms with Gasteiger partial charge in [0.1, 0.15) is 12.1 Å². The molecule has 0 unspecified atom stereocenters. The normalized spacial score (nSPS) is 10.0. The molecule has 0 bridgehead atoms. The maximum atomic E-state index is 11.7. The maximum Gasteiger partial charge on any atom is 0.292 e. The second kappa shape index (κ2) is 6.32. The van der Waals surface area contributed by atoms with E-state index in [0.717, 1.165) is 0 Å². The third kappa shape index (κ3) is 3.80. The molecule has 1 heterocycles. The maximum absolute atomic E-state index is 11.7. The Bertz CT molecular complexity index is 580. The van der Waals surface area contributed by atoms with Crippen LogP contribution in [0.4, 0.5) is 5.69 Å². The molecule has 8 nitrogen and oxygen atoms in total. The molecule has 0 aliphatic heterocycles. The van der Waals surface area contributed by atoms with Crippen molar-refractivity contribution in [3.05, 3.63) is 36.4 Å². The number of primary amides is 1. The van der Waals surface area contributed by atoms with Crippen LogP contribution in [0.1, 0.15) is 17.0 Å². The molecular formula is C12H13N5O3. The minimum absolute atomic E-state index is 0.131. The number of aromatic nitrogens is 3. The summed E-state index contributed by atoms with van der Waals surface area (Å²) in [6, 6.07) is 6.70. The lowest BCUT2D eigenvalue weighted by Gasteiger charge is -2.06. The molecule has 0 radical (unpaired) electrons. The van der Waals surface area contributed by atoms with Crippen LogP contribution < -0.4 is 15.8 Å². The van der Waals surface area contributed by atoms with E-state index in [9.17, 15) is 9.59 Å². The molecule has 2 amide bonds. The number of ether oxygens (including phenoxy) is 1. The van der Waals surface area contributed by atoms with Crippen LogP contribution in [0.2, 0.25) is 0 Å². The molecular weight excluding hydrogens is 262 g/mol. The average molecular weight is 275 g/mol. The van der Waals surface area contributed by atoms with E-state index in [0.29, 0.717) is 11.4 Å². The molecule has 0 fully saturated rings. The summed E-state index contributed by atoms with van der Waals surface area (Å²) in [7, 11) is 0. The highest BCUT2D eigenvalue weighted by molar-refractivity contribution is 6.01.